The van der Waals surface area contributed by atoms with Crippen molar-refractivity contribution in [2.75, 3.05) is 19.0 Å². The van der Waals surface area contributed by atoms with Crippen LogP contribution in [0.5, 0.6) is 0 Å². The molecule has 4 heteroatoms. The standard InChI is InChI=1S/C14H18N2O2/c1-14(2)10-18-13(16(14)3)9-12(17)15-11-7-5-4-6-8-11/h4-9H,10H2,1-3H3,(H,15,17)/b13-9-. The van der Waals surface area contributed by atoms with Crippen LogP contribution in [0.25, 0.3) is 0 Å². The van der Waals surface area contributed by atoms with E-state index in [1.807, 2.05) is 42.3 Å². The SMILES string of the molecule is CN1/C(=C/C(=O)Nc2ccccc2)OCC1(C)C. The number of para-hydroxylation sites is 1. The number of anilines is 1. The zero-order chi connectivity index (χ0) is 13.2. The summed E-state index contributed by atoms with van der Waals surface area (Å²) < 4.78 is 5.52. The Bertz CT molecular complexity index is 466. The number of nitrogens with zero attached hydrogens (tertiary/aromatic N) is 1. The number of hydrogen-bond acceptors (Lipinski definition) is 3. The molecule has 4 nitrogen and oxygen atoms in total. The average molecular weight is 246 g/mol. The first-order valence-electron chi connectivity index (χ1n) is 5.93. The number of ether oxygens (including phenoxy) is 1. The number of rotatable bonds is 2. The molecule has 1 fully saturated rings. The molecule has 0 radical (unpaired) electrons. The van der Waals surface area contributed by atoms with Gasteiger partial charge in [-0.2, -0.15) is 0 Å². The van der Waals surface area contributed by atoms with E-state index in [2.05, 4.69) is 19.2 Å². The van der Waals surface area contributed by atoms with Gasteiger partial charge in [-0.1, -0.05) is 18.2 Å². The van der Waals surface area contributed by atoms with Crippen LogP contribution in [-0.2, 0) is 9.53 Å². The maximum absolute atomic E-state index is 11.8. The zero-order valence-electron chi connectivity index (χ0n) is 10.9. The van der Waals surface area contributed by atoms with Crippen molar-refractivity contribution in [3.05, 3.63) is 42.3 Å². The smallest absolute Gasteiger partial charge is 0.253 e. The molecule has 1 N–H and O–H groups in total. The Kier molecular flexibility index (Phi) is 3.28. The van der Waals surface area contributed by atoms with Crippen LogP contribution in [0, 0.1) is 0 Å². The number of likely N-dealkylation sites (N-methyl/N-ethyl adjacent to an activating group) is 1. The first-order valence-corrected chi connectivity index (χ1v) is 5.93. The first-order chi connectivity index (χ1) is 8.49. The third kappa shape index (κ3) is 2.64. The van der Waals surface area contributed by atoms with E-state index < -0.39 is 0 Å². The fourth-order valence-electron chi connectivity index (χ4n) is 1.69. The van der Waals surface area contributed by atoms with Crippen molar-refractivity contribution in [3.63, 3.8) is 0 Å². The van der Waals surface area contributed by atoms with E-state index >= 15 is 0 Å². The molecule has 18 heavy (non-hydrogen) atoms. The minimum atomic E-state index is -0.180. The highest BCUT2D eigenvalue weighted by atomic mass is 16.5. The Morgan fingerprint density at radius 1 is 1.39 bits per heavy atom. The van der Waals surface area contributed by atoms with Crippen LogP contribution in [0.2, 0.25) is 0 Å². The molecule has 2 rings (SSSR count). The maximum Gasteiger partial charge on any atom is 0.253 e. The summed E-state index contributed by atoms with van der Waals surface area (Å²) in [5, 5.41) is 2.79. The van der Waals surface area contributed by atoms with Crippen LogP contribution in [0.1, 0.15) is 13.8 Å². The van der Waals surface area contributed by atoms with Gasteiger partial charge in [-0.3, -0.25) is 4.79 Å². The molecule has 0 spiro atoms. The Morgan fingerprint density at radius 2 is 2.06 bits per heavy atom. The van der Waals surface area contributed by atoms with E-state index in [0.717, 1.165) is 5.69 Å². The lowest BCUT2D eigenvalue weighted by Crippen LogP contribution is -2.36. The quantitative estimate of drug-likeness (QED) is 0.813. The van der Waals surface area contributed by atoms with E-state index in [1.54, 1.807) is 0 Å². The Morgan fingerprint density at radius 3 is 2.61 bits per heavy atom. The lowest BCUT2D eigenvalue weighted by atomic mass is 10.1. The highest BCUT2D eigenvalue weighted by molar-refractivity contribution is 5.99. The summed E-state index contributed by atoms with van der Waals surface area (Å²) in [6.07, 6.45) is 1.49. The van der Waals surface area contributed by atoms with Gasteiger partial charge in [0, 0.05) is 12.7 Å². The highest BCUT2D eigenvalue weighted by Crippen LogP contribution is 2.27. The molecular formula is C14H18N2O2. The van der Waals surface area contributed by atoms with Crippen LogP contribution in [-0.4, -0.2) is 30.0 Å². The molecule has 0 aromatic heterocycles. The monoisotopic (exact) mass is 246 g/mol. The number of benzene rings is 1. The summed E-state index contributed by atoms with van der Waals surface area (Å²) in [5.74, 6) is 0.425. The van der Waals surface area contributed by atoms with Crippen molar-refractivity contribution in [1.82, 2.24) is 4.90 Å². The number of carbonyl (C=O) groups excluding carboxylic acids is 1. The molecule has 0 bridgehead atoms. The molecule has 96 valence electrons. The van der Waals surface area contributed by atoms with E-state index in [4.69, 9.17) is 4.74 Å². The normalized spacial score (nSPS) is 19.7. The summed E-state index contributed by atoms with van der Waals surface area (Å²) in [6.45, 7) is 4.74. The zero-order valence-corrected chi connectivity index (χ0v) is 10.9. The lowest BCUT2D eigenvalue weighted by molar-refractivity contribution is -0.112. The van der Waals surface area contributed by atoms with Crippen LogP contribution >= 0.6 is 0 Å². The average Bonchev–Trinajstić information content (AvgIpc) is 2.57. The van der Waals surface area contributed by atoms with Crippen LogP contribution < -0.4 is 5.32 Å². The molecule has 0 saturated carbocycles. The Balaban J connectivity index is 2.04. The van der Waals surface area contributed by atoms with Crippen molar-refractivity contribution < 1.29 is 9.53 Å². The second kappa shape index (κ2) is 4.72. The molecule has 0 unspecified atom stereocenters. The largest absolute Gasteiger partial charge is 0.476 e. The molecule has 1 aliphatic rings. The fourth-order valence-corrected chi connectivity index (χ4v) is 1.69. The van der Waals surface area contributed by atoms with E-state index in [1.165, 1.54) is 6.08 Å². The first kappa shape index (κ1) is 12.5. The molecule has 1 amide bonds. The van der Waals surface area contributed by atoms with E-state index in [-0.39, 0.29) is 11.4 Å². The van der Waals surface area contributed by atoms with Crippen LogP contribution in [0.15, 0.2) is 42.3 Å². The van der Waals surface area contributed by atoms with Gasteiger partial charge in [0.05, 0.1) is 11.6 Å². The summed E-state index contributed by atoms with van der Waals surface area (Å²) in [4.78, 5) is 13.8. The molecule has 1 saturated heterocycles. The highest BCUT2D eigenvalue weighted by Gasteiger charge is 2.34. The summed E-state index contributed by atoms with van der Waals surface area (Å²) >= 11 is 0. The summed E-state index contributed by atoms with van der Waals surface area (Å²) in [7, 11) is 1.93. The van der Waals surface area contributed by atoms with Gasteiger partial charge in [0.2, 0.25) is 0 Å². The second-order valence-electron chi connectivity index (χ2n) is 5.00. The third-order valence-corrected chi connectivity index (χ3v) is 3.11. The van der Waals surface area contributed by atoms with Crippen molar-refractivity contribution in [1.29, 1.82) is 0 Å². The number of carbonyl (C=O) groups is 1. The summed E-state index contributed by atoms with van der Waals surface area (Å²) in [6, 6.07) is 9.36. The van der Waals surface area contributed by atoms with Gasteiger partial charge in [-0.25, -0.2) is 0 Å². The van der Waals surface area contributed by atoms with Gasteiger partial charge in [-0.15, -0.1) is 0 Å². The minimum absolute atomic E-state index is 0.0706. The number of nitrogens with one attached hydrogen (secondary N) is 1. The number of hydrogen-bond donors (Lipinski definition) is 1. The van der Waals surface area contributed by atoms with Crippen LogP contribution in [0.3, 0.4) is 0 Å². The van der Waals surface area contributed by atoms with Gasteiger partial charge in [0.1, 0.15) is 6.61 Å². The minimum Gasteiger partial charge on any atom is -0.476 e. The van der Waals surface area contributed by atoms with E-state index in [0.29, 0.717) is 12.5 Å². The predicted molar refractivity (Wildman–Crippen MR) is 70.9 cm³/mol. The molecule has 0 aliphatic carbocycles. The lowest BCUT2D eigenvalue weighted by Gasteiger charge is -2.25. The van der Waals surface area contributed by atoms with Gasteiger partial charge in [0.15, 0.2) is 5.88 Å². The third-order valence-electron chi connectivity index (χ3n) is 3.11. The number of amides is 1. The fraction of sp³-hybridized carbons (Fsp3) is 0.357. The molecule has 1 heterocycles. The van der Waals surface area contributed by atoms with E-state index in [9.17, 15) is 4.79 Å². The van der Waals surface area contributed by atoms with Gasteiger partial charge in [-0.05, 0) is 26.0 Å². The topological polar surface area (TPSA) is 41.6 Å². The molecular weight excluding hydrogens is 228 g/mol. The van der Waals surface area contributed by atoms with Crippen LogP contribution in [0.4, 0.5) is 5.69 Å². The predicted octanol–water partition coefficient (Wildman–Crippen LogP) is 2.21. The summed E-state index contributed by atoms with van der Waals surface area (Å²) in [5.41, 5.74) is 0.707. The van der Waals surface area contributed by atoms with Crippen molar-refractivity contribution in [2.24, 2.45) is 0 Å². The second-order valence-corrected chi connectivity index (χ2v) is 5.00. The molecule has 1 aromatic rings. The van der Waals surface area contributed by atoms with Crippen molar-refractivity contribution in [2.45, 2.75) is 19.4 Å². The molecule has 0 atom stereocenters. The van der Waals surface area contributed by atoms with Gasteiger partial charge in [0.25, 0.3) is 5.91 Å². The molecule has 1 aromatic carbocycles. The van der Waals surface area contributed by atoms with Gasteiger partial charge < -0.3 is 15.0 Å². The van der Waals surface area contributed by atoms with Crippen molar-refractivity contribution in [3.8, 4) is 0 Å². The van der Waals surface area contributed by atoms with Crippen molar-refractivity contribution >= 4 is 11.6 Å². The Labute approximate surface area is 107 Å². The Hall–Kier alpha value is -1.97. The maximum atomic E-state index is 11.8. The van der Waals surface area contributed by atoms with Gasteiger partial charge >= 0.3 is 0 Å². The molecule has 1 aliphatic heterocycles.